The minimum atomic E-state index is -0.840. The predicted molar refractivity (Wildman–Crippen MR) is 188 cm³/mol. The Morgan fingerprint density at radius 2 is 1.85 bits per heavy atom. The molecule has 2 aromatic carbocycles. The number of ether oxygens (including phenoxy) is 1. The number of nitrogens with zero attached hydrogens (tertiary/aromatic N) is 1. The minimum Gasteiger partial charge on any atom is -0.504 e. The second-order valence-electron chi connectivity index (χ2n) is 14.6. The summed E-state index contributed by atoms with van der Waals surface area (Å²) >= 11 is 0. The van der Waals surface area contributed by atoms with Gasteiger partial charge < -0.3 is 41.1 Å². The van der Waals surface area contributed by atoms with Crippen LogP contribution in [0.3, 0.4) is 0 Å². The maximum absolute atomic E-state index is 12.5. The summed E-state index contributed by atoms with van der Waals surface area (Å²) in [6, 6.07) is 13.7. The summed E-state index contributed by atoms with van der Waals surface area (Å²) in [6.07, 6.45) is 15.4. The van der Waals surface area contributed by atoms with Crippen LogP contribution in [-0.4, -0.2) is 42.9 Å². The molecule has 0 amide bonds. The molecule has 2 fully saturated rings. The number of aromatic amines is 1. The Morgan fingerprint density at radius 3 is 2.62 bits per heavy atom. The highest BCUT2D eigenvalue weighted by Crippen LogP contribution is 2.61. The van der Waals surface area contributed by atoms with Crippen LogP contribution < -0.4 is 16.2 Å². The van der Waals surface area contributed by atoms with E-state index in [1.807, 2.05) is 23.8 Å². The normalized spacial score (nSPS) is 20.2. The number of aliphatic hydroxyl groups excluding tert-OH is 2. The van der Waals surface area contributed by atoms with Crippen molar-refractivity contribution in [2.75, 3.05) is 0 Å². The summed E-state index contributed by atoms with van der Waals surface area (Å²) in [6.45, 7) is 2.18. The number of fused-ring (bicyclic) bond motifs is 1. The van der Waals surface area contributed by atoms with Gasteiger partial charge in [-0.1, -0.05) is 56.5 Å². The number of ketones is 1. The largest absolute Gasteiger partial charge is 0.504 e. The number of carbonyl (C=O) groups excluding carboxylic acids is 1. The van der Waals surface area contributed by atoms with Gasteiger partial charge in [0.15, 0.2) is 18.2 Å². The third-order valence-electron chi connectivity index (χ3n) is 11.0. The molecule has 0 saturated heterocycles. The van der Waals surface area contributed by atoms with E-state index in [0.717, 1.165) is 41.3 Å². The molecule has 9 nitrogen and oxygen atoms in total. The number of phenolic OH excluding ortho intramolecular Hbond substituents is 1. The van der Waals surface area contributed by atoms with E-state index in [-0.39, 0.29) is 42.9 Å². The zero-order valence-electron chi connectivity index (χ0n) is 28.2. The molecule has 258 valence electrons. The Balaban J connectivity index is 1.16. The average Bonchev–Trinajstić information content (AvgIpc) is 3.85. The van der Waals surface area contributed by atoms with Gasteiger partial charge in [0, 0.05) is 42.2 Å². The zero-order chi connectivity index (χ0) is 33.9. The van der Waals surface area contributed by atoms with Gasteiger partial charge in [-0.25, -0.2) is 0 Å². The van der Waals surface area contributed by atoms with Gasteiger partial charge >= 0.3 is 0 Å². The van der Waals surface area contributed by atoms with Crippen LogP contribution in [0.5, 0.6) is 11.5 Å². The highest BCUT2D eigenvalue weighted by atomic mass is 16.5. The highest BCUT2D eigenvalue weighted by molar-refractivity contribution is 5.85. The van der Waals surface area contributed by atoms with Gasteiger partial charge in [0.05, 0.1) is 23.9 Å². The molecule has 48 heavy (non-hydrogen) atoms. The fourth-order valence-corrected chi connectivity index (χ4v) is 8.53. The van der Waals surface area contributed by atoms with Crippen LogP contribution in [0, 0.1) is 5.41 Å². The number of aromatic hydroxyl groups is 1. The van der Waals surface area contributed by atoms with Gasteiger partial charge in [-0.3, -0.25) is 4.79 Å². The first kappa shape index (κ1) is 34.2. The fourth-order valence-electron chi connectivity index (χ4n) is 8.53. The molecule has 0 aliphatic heterocycles. The van der Waals surface area contributed by atoms with Crippen LogP contribution in [0.1, 0.15) is 112 Å². The van der Waals surface area contributed by atoms with E-state index in [4.69, 9.17) is 16.2 Å². The standard InChI is InChI=1S/C39H52N4O5/c1-2-6-29(44)19-31(46)20-30(45)11-9-26-10-12-35(47)36(17-26)48-25-43-22-32-33(21-42-34(32)23-43)39(16-15-38(24-39)13-3-4-14-38)28-8-5-7-27(18-28)37(40)41/h5,7-8,10,12,17-18,21-23,29,31,37,42,44,46-47H,2-4,6,9,11,13-16,19-20,24-25,40-41H2,1H3/t29-,31+,39+/m0/s1. The molecule has 8 N–H and O–H groups in total. The number of aromatic nitrogens is 2. The van der Waals surface area contributed by atoms with Crippen LogP contribution in [0.2, 0.25) is 0 Å². The monoisotopic (exact) mass is 656 g/mol. The van der Waals surface area contributed by atoms with E-state index in [1.165, 1.54) is 43.2 Å². The summed E-state index contributed by atoms with van der Waals surface area (Å²) in [4.78, 5) is 16.0. The van der Waals surface area contributed by atoms with Crippen molar-refractivity contribution in [3.8, 4) is 11.5 Å². The zero-order valence-corrected chi connectivity index (χ0v) is 28.2. The van der Waals surface area contributed by atoms with Gasteiger partial charge in [0.2, 0.25) is 0 Å². The molecule has 0 radical (unpaired) electrons. The number of phenols is 1. The molecule has 2 aliphatic rings. The van der Waals surface area contributed by atoms with Gasteiger partial charge in [-0.05, 0) is 91.2 Å². The Bertz CT molecular complexity index is 1700. The molecule has 4 aromatic rings. The number of Topliss-reactive ketones (excluding diaryl/α,β-unsaturated/α-hetero) is 1. The van der Waals surface area contributed by atoms with Gasteiger partial charge in [-0.2, -0.15) is 0 Å². The van der Waals surface area contributed by atoms with E-state index in [9.17, 15) is 20.1 Å². The first-order valence-corrected chi connectivity index (χ1v) is 17.7. The number of aliphatic hydroxyl groups is 2. The number of aryl methyl sites for hydroxylation is 1. The lowest BCUT2D eigenvalue weighted by atomic mass is 9.70. The van der Waals surface area contributed by atoms with Crippen LogP contribution in [0.25, 0.3) is 10.9 Å². The lowest BCUT2D eigenvalue weighted by molar-refractivity contribution is -0.121. The number of benzene rings is 2. The summed E-state index contributed by atoms with van der Waals surface area (Å²) in [7, 11) is 0. The number of nitrogens with two attached hydrogens (primary N) is 2. The van der Waals surface area contributed by atoms with Crippen molar-refractivity contribution in [1.29, 1.82) is 0 Å². The van der Waals surface area contributed by atoms with Gasteiger partial charge in [0.1, 0.15) is 5.78 Å². The van der Waals surface area contributed by atoms with Crippen LogP contribution >= 0.6 is 0 Å². The molecule has 0 unspecified atom stereocenters. The van der Waals surface area contributed by atoms with E-state index in [2.05, 4.69) is 35.6 Å². The van der Waals surface area contributed by atoms with Crippen molar-refractivity contribution in [2.24, 2.45) is 16.9 Å². The summed E-state index contributed by atoms with van der Waals surface area (Å²) < 4.78 is 8.11. The first-order chi connectivity index (χ1) is 23.1. The van der Waals surface area contributed by atoms with E-state index < -0.39 is 18.4 Å². The van der Waals surface area contributed by atoms with Crippen molar-refractivity contribution in [3.63, 3.8) is 0 Å². The smallest absolute Gasteiger partial charge is 0.165 e. The molecule has 6 rings (SSSR count). The van der Waals surface area contributed by atoms with Crippen LogP contribution in [0.4, 0.5) is 0 Å². The lowest BCUT2D eigenvalue weighted by Crippen LogP contribution is -2.27. The van der Waals surface area contributed by atoms with E-state index in [1.54, 1.807) is 18.2 Å². The molecule has 2 aromatic heterocycles. The molecule has 2 aliphatic carbocycles. The summed E-state index contributed by atoms with van der Waals surface area (Å²) in [5.74, 6) is 0.329. The van der Waals surface area contributed by atoms with Gasteiger partial charge in [0.25, 0.3) is 0 Å². The molecule has 1 spiro atoms. The number of rotatable bonds is 15. The Hall–Kier alpha value is -3.63. The predicted octanol–water partition coefficient (Wildman–Crippen LogP) is 6.46. The summed E-state index contributed by atoms with van der Waals surface area (Å²) in [5.41, 5.74) is 17.9. The number of hydrogen-bond acceptors (Lipinski definition) is 7. The third kappa shape index (κ3) is 7.34. The second kappa shape index (κ2) is 14.5. The molecule has 9 heteroatoms. The average molecular weight is 657 g/mol. The first-order valence-electron chi connectivity index (χ1n) is 17.7. The van der Waals surface area contributed by atoms with Crippen molar-refractivity contribution in [3.05, 3.63) is 83.3 Å². The number of H-pyrrole nitrogens is 1. The maximum atomic E-state index is 12.5. The van der Waals surface area contributed by atoms with Crippen molar-refractivity contribution in [1.82, 2.24) is 9.55 Å². The topological polar surface area (TPSA) is 160 Å². The van der Waals surface area contributed by atoms with E-state index >= 15 is 0 Å². The van der Waals surface area contributed by atoms with Crippen molar-refractivity contribution < 1.29 is 24.9 Å². The molecule has 2 heterocycles. The Kier molecular flexibility index (Phi) is 10.3. The minimum absolute atomic E-state index is 0.0270. The lowest BCUT2D eigenvalue weighted by Gasteiger charge is -2.33. The number of hydrogen-bond donors (Lipinski definition) is 6. The second-order valence-corrected chi connectivity index (χ2v) is 14.6. The van der Waals surface area contributed by atoms with Crippen molar-refractivity contribution in [2.45, 2.75) is 121 Å². The molecule has 2 saturated carbocycles. The summed E-state index contributed by atoms with van der Waals surface area (Å²) in [5, 5.41) is 31.8. The highest BCUT2D eigenvalue weighted by Gasteiger charge is 2.51. The van der Waals surface area contributed by atoms with Crippen molar-refractivity contribution >= 4 is 16.7 Å². The molecular weight excluding hydrogens is 604 g/mol. The third-order valence-corrected chi connectivity index (χ3v) is 11.0. The van der Waals surface area contributed by atoms with Crippen LogP contribution in [0.15, 0.2) is 61.1 Å². The van der Waals surface area contributed by atoms with Crippen LogP contribution in [-0.2, 0) is 23.4 Å². The number of carbonyl (C=O) groups is 1. The number of nitrogens with one attached hydrogen (secondary N) is 1. The molecule has 0 bridgehead atoms. The Labute approximate surface area is 283 Å². The molecule has 3 atom stereocenters. The maximum Gasteiger partial charge on any atom is 0.165 e. The SMILES string of the molecule is CCC[C@H](O)C[C@@H](O)CC(=O)CCc1ccc(O)c(OCn2cc3[nH]cc([C@]4(c5cccc(C(N)N)c5)CCC5(CCCC5)C4)c3c2)c1. The van der Waals surface area contributed by atoms with Gasteiger partial charge in [-0.15, -0.1) is 0 Å². The quantitative estimate of drug-likeness (QED) is 0.0801. The fraction of sp³-hybridized carbons (Fsp3) is 0.513. The molecular formula is C39H52N4O5. The Morgan fingerprint density at radius 1 is 1.04 bits per heavy atom. The van der Waals surface area contributed by atoms with E-state index in [0.29, 0.717) is 24.0 Å².